The van der Waals surface area contributed by atoms with E-state index < -0.39 is 0 Å². The van der Waals surface area contributed by atoms with Gasteiger partial charge in [-0.05, 0) is 62.8 Å². The molecule has 194 valence electrons. The number of nitrogens with one attached hydrogen (secondary N) is 2. The van der Waals surface area contributed by atoms with E-state index in [-0.39, 0.29) is 29.8 Å². The topological polar surface area (TPSA) is 84.8 Å². The molecule has 1 aromatic heterocycles. The molecule has 1 aromatic carbocycles. The number of pyridine rings is 1. The van der Waals surface area contributed by atoms with E-state index in [1.807, 2.05) is 26.1 Å². The number of fused-ring (bicyclic) bond motifs is 1. The molecule has 3 heterocycles. The van der Waals surface area contributed by atoms with Crippen molar-refractivity contribution in [2.45, 2.75) is 70.8 Å². The van der Waals surface area contributed by atoms with Crippen molar-refractivity contribution >= 4 is 17.3 Å². The number of benzene rings is 1. The number of hydrogen-bond donors (Lipinski definition) is 2. The summed E-state index contributed by atoms with van der Waals surface area (Å²) in [4.78, 5) is 27.2. The molecule has 0 bridgehead atoms. The maximum atomic E-state index is 12.5. The van der Waals surface area contributed by atoms with E-state index in [0.717, 1.165) is 73.5 Å². The van der Waals surface area contributed by atoms with Crippen LogP contribution in [0.3, 0.4) is 0 Å². The maximum Gasteiger partial charge on any atom is 0.323 e. The lowest BCUT2D eigenvalue weighted by molar-refractivity contribution is -0.155. The van der Waals surface area contributed by atoms with Gasteiger partial charge >= 0.3 is 5.97 Å². The number of anilines is 2. The first-order chi connectivity index (χ1) is 17.4. The molecular formula is C28H38N4O4. The Morgan fingerprint density at radius 1 is 1.28 bits per heavy atom. The van der Waals surface area contributed by atoms with E-state index in [1.54, 1.807) is 11.6 Å². The number of aryl methyl sites for hydroxylation is 2. The molecular weight excluding hydrogens is 456 g/mol. The van der Waals surface area contributed by atoms with Gasteiger partial charge in [-0.25, -0.2) is 0 Å². The van der Waals surface area contributed by atoms with Crippen LogP contribution in [0.1, 0.15) is 61.9 Å². The number of aromatic nitrogens is 1. The number of hydrogen-bond acceptors (Lipinski definition) is 7. The van der Waals surface area contributed by atoms with Gasteiger partial charge in [0.15, 0.2) is 0 Å². The molecule has 3 aliphatic rings. The summed E-state index contributed by atoms with van der Waals surface area (Å²) in [7, 11) is 1.81. The predicted octanol–water partition coefficient (Wildman–Crippen LogP) is 3.62. The molecule has 36 heavy (non-hydrogen) atoms. The highest BCUT2D eigenvalue weighted by Crippen LogP contribution is 2.42. The molecule has 8 nitrogen and oxygen atoms in total. The molecule has 1 aliphatic carbocycles. The van der Waals surface area contributed by atoms with Crippen LogP contribution in [0.25, 0.3) is 0 Å². The predicted molar refractivity (Wildman–Crippen MR) is 140 cm³/mol. The fourth-order valence-electron chi connectivity index (χ4n) is 5.33. The molecule has 5 rings (SSSR count). The Kier molecular flexibility index (Phi) is 7.34. The Balaban J connectivity index is 1.34. The second-order valence-corrected chi connectivity index (χ2v) is 10.5. The lowest BCUT2D eigenvalue weighted by Crippen LogP contribution is -2.40. The summed E-state index contributed by atoms with van der Waals surface area (Å²) in [6, 6.07) is 8.15. The lowest BCUT2D eigenvalue weighted by atomic mass is 9.96. The third-order valence-corrected chi connectivity index (χ3v) is 7.73. The first-order valence-electron chi connectivity index (χ1n) is 13.3. The van der Waals surface area contributed by atoms with Gasteiger partial charge in [-0.2, -0.15) is 0 Å². The molecule has 2 fully saturated rings. The van der Waals surface area contributed by atoms with E-state index in [0.29, 0.717) is 18.9 Å². The van der Waals surface area contributed by atoms with E-state index in [2.05, 4.69) is 33.7 Å². The van der Waals surface area contributed by atoms with Crippen LogP contribution < -0.4 is 21.1 Å². The second kappa shape index (κ2) is 10.6. The second-order valence-electron chi connectivity index (χ2n) is 10.5. The van der Waals surface area contributed by atoms with Gasteiger partial charge in [-0.1, -0.05) is 13.0 Å². The summed E-state index contributed by atoms with van der Waals surface area (Å²) in [5, 5.41) is 7.10. The number of esters is 1. The lowest BCUT2D eigenvalue weighted by Gasteiger charge is -2.29. The van der Waals surface area contributed by atoms with Gasteiger partial charge < -0.3 is 29.6 Å². The molecule has 0 amide bonds. The van der Waals surface area contributed by atoms with Crippen LogP contribution in [0, 0.1) is 12.8 Å². The van der Waals surface area contributed by atoms with Crippen LogP contribution in [0.15, 0.2) is 35.3 Å². The minimum Gasteiger partial charge on any atom is -0.461 e. The minimum absolute atomic E-state index is 0.0275. The largest absolute Gasteiger partial charge is 0.461 e. The molecule has 2 aromatic rings. The SMILES string of the molecule is CCC(NCc1ccc2c(c1)NC(c1cc(C)c(=O)n(C)c1)N2CC1CCOC1)C(=O)OC1CCC1. The van der Waals surface area contributed by atoms with E-state index in [4.69, 9.17) is 9.47 Å². The summed E-state index contributed by atoms with van der Waals surface area (Å²) in [5.41, 5.74) is 5.15. The number of nitrogens with zero attached hydrogens (tertiary/aromatic N) is 2. The van der Waals surface area contributed by atoms with Crippen molar-refractivity contribution in [3.05, 3.63) is 57.5 Å². The summed E-state index contributed by atoms with van der Waals surface area (Å²) >= 11 is 0. The van der Waals surface area contributed by atoms with Gasteiger partial charge in [0.05, 0.1) is 18.0 Å². The molecule has 0 radical (unpaired) electrons. The quantitative estimate of drug-likeness (QED) is 0.515. The van der Waals surface area contributed by atoms with Crippen LogP contribution in [0.4, 0.5) is 11.4 Å². The zero-order valence-corrected chi connectivity index (χ0v) is 21.6. The Morgan fingerprint density at radius 3 is 2.78 bits per heavy atom. The summed E-state index contributed by atoms with van der Waals surface area (Å²) in [6.45, 7) is 6.95. The highest BCUT2D eigenvalue weighted by atomic mass is 16.5. The minimum atomic E-state index is -0.299. The zero-order chi connectivity index (χ0) is 25.2. The van der Waals surface area contributed by atoms with Crippen molar-refractivity contribution in [2.75, 3.05) is 30.0 Å². The van der Waals surface area contributed by atoms with Crippen LogP contribution in [-0.2, 0) is 27.9 Å². The van der Waals surface area contributed by atoms with Crippen molar-refractivity contribution in [1.82, 2.24) is 9.88 Å². The van der Waals surface area contributed by atoms with Crippen molar-refractivity contribution in [1.29, 1.82) is 0 Å². The third-order valence-electron chi connectivity index (χ3n) is 7.73. The van der Waals surface area contributed by atoms with Gasteiger partial charge in [0.2, 0.25) is 0 Å². The molecule has 2 N–H and O–H groups in total. The van der Waals surface area contributed by atoms with Crippen molar-refractivity contribution in [3.63, 3.8) is 0 Å². The fourth-order valence-corrected chi connectivity index (χ4v) is 5.33. The molecule has 8 heteroatoms. The fraction of sp³-hybridized carbons (Fsp3) is 0.571. The smallest absolute Gasteiger partial charge is 0.323 e. The monoisotopic (exact) mass is 494 g/mol. The van der Waals surface area contributed by atoms with Gasteiger partial charge in [0.25, 0.3) is 5.56 Å². The zero-order valence-electron chi connectivity index (χ0n) is 21.6. The highest BCUT2D eigenvalue weighted by molar-refractivity contribution is 5.78. The molecule has 3 atom stereocenters. The van der Waals surface area contributed by atoms with E-state index in [1.165, 1.54) is 0 Å². The highest BCUT2D eigenvalue weighted by Gasteiger charge is 2.33. The normalized spacial score (nSPS) is 22.1. The molecule has 3 unspecified atom stereocenters. The Labute approximate surface area is 213 Å². The van der Waals surface area contributed by atoms with Crippen molar-refractivity contribution in [2.24, 2.45) is 13.0 Å². The average molecular weight is 495 g/mol. The average Bonchev–Trinajstić information content (AvgIpc) is 3.48. The van der Waals surface area contributed by atoms with Gasteiger partial charge in [0, 0.05) is 50.0 Å². The molecule has 1 saturated heterocycles. The van der Waals surface area contributed by atoms with Crippen molar-refractivity contribution in [3.8, 4) is 0 Å². The molecule has 1 saturated carbocycles. The maximum absolute atomic E-state index is 12.5. The standard InChI is InChI=1S/C28H38N4O4/c1-4-23(28(34)36-22-6-5-7-22)29-14-19-8-9-25-24(13-19)30-26(32(25)15-20-10-11-35-17-20)21-12-18(2)27(33)31(3)16-21/h8-9,12-13,16,20,22-23,26,29-30H,4-7,10-11,14-15,17H2,1-3H3. The van der Waals surface area contributed by atoms with Gasteiger partial charge in [0.1, 0.15) is 18.3 Å². The summed E-state index contributed by atoms with van der Waals surface area (Å²) in [5.74, 6) is 0.332. The number of ether oxygens (including phenoxy) is 2. The number of carbonyl (C=O) groups excluding carboxylic acids is 1. The van der Waals surface area contributed by atoms with Crippen molar-refractivity contribution < 1.29 is 14.3 Å². The first-order valence-corrected chi connectivity index (χ1v) is 13.3. The van der Waals surface area contributed by atoms with Gasteiger partial charge in [-0.15, -0.1) is 0 Å². The first kappa shape index (κ1) is 24.8. The Hall–Kier alpha value is -2.84. The van der Waals surface area contributed by atoms with Crippen LogP contribution in [0.5, 0.6) is 0 Å². The van der Waals surface area contributed by atoms with E-state index >= 15 is 0 Å². The van der Waals surface area contributed by atoms with Crippen LogP contribution in [-0.4, -0.2) is 42.4 Å². The Morgan fingerprint density at radius 2 is 2.11 bits per heavy atom. The third kappa shape index (κ3) is 5.15. The molecule has 0 spiro atoms. The number of rotatable bonds is 9. The van der Waals surface area contributed by atoms with Crippen LogP contribution in [0.2, 0.25) is 0 Å². The summed E-state index contributed by atoms with van der Waals surface area (Å²) < 4.78 is 12.9. The summed E-state index contributed by atoms with van der Waals surface area (Å²) in [6.07, 6.45) is 6.84. The number of carbonyl (C=O) groups is 1. The van der Waals surface area contributed by atoms with Gasteiger partial charge in [-0.3, -0.25) is 9.59 Å². The van der Waals surface area contributed by atoms with E-state index in [9.17, 15) is 9.59 Å². The van der Waals surface area contributed by atoms with Crippen LogP contribution >= 0.6 is 0 Å². The Bertz CT molecular complexity index is 1130. The molecule has 2 aliphatic heterocycles.